The third-order valence-corrected chi connectivity index (χ3v) is 5.68. The largest absolute Gasteiger partial charge is 0.484 e. The van der Waals surface area contributed by atoms with Crippen LogP contribution in [0.4, 0.5) is 11.4 Å². The Morgan fingerprint density at radius 2 is 1.68 bits per heavy atom. The monoisotopic (exact) mass is 457 g/mol. The van der Waals surface area contributed by atoms with Gasteiger partial charge in [0.2, 0.25) is 5.91 Å². The van der Waals surface area contributed by atoms with Gasteiger partial charge >= 0.3 is 0 Å². The predicted molar refractivity (Wildman–Crippen MR) is 131 cm³/mol. The van der Waals surface area contributed by atoms with Crippen LogP contribution >= 0.6 is 0 Å². The van der Waals surface area contributed by atoms with Gasteiger partial charge in [0.25, 0.3) is 11.8 Å². The van der Waals surface area contributed by atoms with Gasteiger partial charge in [-0.2, -0.15) is 0 Å². The van der Waals surface area contributed by atoms with Crippen molar-refractivity contribution >= 4 is 29.1 Å². The molecule has 174 valence electrons. The number of anilines is 2. The van der Waals surface area contributed by atoms with Gasteiger partial charge < -0.3 is 20.3 Å². The minimum atomic E-state index is -0.379. The first-order valence-electron chi connectivity index (χ1n) is 11.3. The molecule has 1 heterocycles. The minimum absolute atomic E-state index is 0.119. The van der Waals surface area contributed by atoms with Crippen LogP contribution in [0.3, 0.4) is 0 Å². The maximum atomic E-state index is 12.9. The lowest BCUT2D eigenvalue weighted by Crippen LogP contribution is -2.28. The molecule has 3 aromatic carbocycles. The molecule has 0 radical (unpaired) electrons. The lowest BCUT2D eigenvalue weighted by Gasteiger charge is -2.17. The predicted octanol–water partition coefficient (Wildman–Crippen LogP) is 4.32. The summed E-state index contributed by atoms with van der Waals surface area (Å²) >= 11 is 0. The van der Waals surface area contributed by atoms with Crippen molar-refractivity contribution in [3.05, 3.63) is 90.0 Å². The molecule has 1 aliphatic heterocycles. The van der Waals surface area contributed by atoms with Crippen LogP contribution in [0.25, 0.3) is 0 Å². The van der Waals surface area contributed by atoms with Crippen LogP contribution in [-0.4, -0.2) is 30.9 Å². The molecule has 7 heteroatoms. The molecule has 1 aliphatic rings. The van der Waals surface area contributed by atoms with Crippen molar-refractivity contribution in [1.82, 2.24) is 5.32 Å². The SMILES string of the molecule is CC(NC(=O)c1ccccc1NC(=O)COc1ccc(N2CCCC2=O)cc1)c1ccccc1. The van der Waals surface area contributed by atoms with Crippen LogP contribution in [0, 0.1) is 0 Å². The molecule has 1 fully saturated rings. The first-order chi connectivity index (χ1) is 16.5. The van der Waals surface area contributed by atoms with Crippen LogP contribution < -0.4 is 20.3 Å². The zero-order valence-corrected chi connectivity index (χ0v) is 19.0. The van der Waals surface area contributed by atoms with E-state index in [1.807, 2.05) is 49.4 Å². The van der Waals surface area contributed by atoms with Gasteiger partial charge in [-0.3, -0.25) is 14.4 Å². The van der Waals surface area contributed by atoms with E-state index >= 15 is 0 Å². The molecule has 1 saturated heterocycles. The first-order valence-corrected chi connectivity index (χ1v) is 11.3. The minimum Gasteiger partial charge on any atom is -0.484 e. The van der Waals surface area contributed by atoms with Crippen molar-refractivity contribution in [3.8, 4) is 5.75 Å². The van der Waals surface area contributed by atoms with E-state index in [0.717, 1.165) is 24.2 Å². The van der Waals surface area contributed by atoms with Gasteiger partial charge in [0.15, 0.2) is 6.61 Å². The lowest BCUT2D eigenvalue weighted by molar-refractivity contribution is -0.118. The van der Waals surface area contributed by atoms with E-state index in [-0.39, 0.29) is 30.4 Å². The summed E-state index contributed by atoms with van der Waals surface area (Å²) in [6, 6.07) is 23.4. The molecule has 0 aliphatic carbocycles. The number of carbonyl (C=O) groups excluding carboxylic acids is 3. The number of carbonyl (C=O) groups is 3. The Morgan fingerprint density at radius 1 is 0.971 bits per heavy atom. The molecule has 2 N–H and O–H groups in total. The normalized spacial score (nSPS) is 13.9. The van der Waals surface area contributed by atoms with Crippen molar-refractivity contribution in [2.24, 2.45) is 0 Å². The molecule has 3 amide bonds. The standard InChI is InChI=1S/C27H27N3O4/c1-19(20-8-3-2-4-9-20)28-27(33)23-10-5-6-11-24(23)29-25(31)18-34-22-15-13-21(14-16-22)30-17-7-12-26(30)32/h2-6,8-11,13-16,19H,7,12,17-18H2,1H3,(H,28,33)(H,29,31). The van der Waals surface area contributed by atoms with E-state index in [4.69, 9.17) is 4.74 Å². The highest BCUT2D eigenvalue weighted by molar-refractivity contribution is 6.04. The molecule has 0 bridgehead atoms. The third-order valence-electron chi connectivity index (χ3n) is 5.68. The van der Waals surface area contributed by atoms with E-state index in [1.54, 1.807) is 41.3 Å². The third kappa shape index (κ3) is 5.61. The zero-order chi connectivity index (χ0) is 23.9. The Morgan fingerprint density at radius 3 is 2.38 bits per heavy atom. The van der Waals surface area contributed by atoms with Gasteiger partial charge in [-0.05, 0) is 55.3 Å². The summed E-state index contributed by atoms with van der Waals surface area (Å²) in [4.78, 5) is 39.0. The van der Waals surface area contributed by atoms with Gasteiger partial charge in [0, 0.05) is 18.7 Å². The number of rotatable bonds is 8. The highest BCUT2D eigenvalue weighted by Crippen LogP contribution is 2.24. The van der Waals surface area contributed by atoms with Crippen molar-refractivity contribution < 1.29 is 19.1 Å². The summed E-state index contributed by atoms with van der Waals surface area (Å²) in [5, 5.41) is 5.72. The van der Waals surface area contributed by atoms with Crippen molar-refractivity contribution in [2.75, 3.05) is 23.4 Å². The molecule has 0 saturated carbocycles. The topological polar surface area (TPSA) is 87.7 Å². The fourth-order valence-corrected chi connectivity index (χ4v) is 3.87. The molecule has 0 spiro atoms. The van der Waals surface area contributed by atoms with E-state index < -0.39 is 0 Å². The van der Waals surface area contributed by atoms with Crippen LogP contribution in [0.1, 0.15) is 41.7 Å². The Balaban J connectivity index is 1.33. The van der Waals surface area contributed by atoms with Crippen LogP contribution in [0.5, 0.6) is 5.75 Å². The van der Waals surface area contributed by atoms with Gasteiger partial charge in [-0.1, -0.05) is 42.5 Å². The summed E-state index contributed by atoms with van der Waals surface area (Å²) < 4.78 is 5.59. The van der Waals surface area contributed by atoms with Gasteiger partial charge in [-0.15, -0.1) is 0 Å². The maximum absolute atomic E-state index is 12.9. The number of ether oxygens (including phenoxy) is 1. The van der Waals surface area contributed by atoms with Crippen molar-refractivity contribution in [3.63, 3.8) is 0 Å². The van der Waals surface area contributed by atoms with Gasteiger partial charge in [-0.25, -0.2) is 0 Å². The summed E-state index contributed by atoms with van der Waals surface area (Å²) in [5.41, 5.74) is 2.60. The Bertz CT molecular complexity index is 1160. The molecule has 34 heavy (non-hydrogen) atoms. The maximum Gasteiger partial charge on any atom is 0.262 e. The molecular formula is C27H27N3O4. The first kappa shape index (κ1) is 23.0. The number of nitrogens with zero attached hydrogens (tertiary/aromatic N) is 1. The Kier molecular flexibility index (Phi) is 7.22. The smallest absolute Gasteiger partial charge is 0.262 e. The molecule has 1 atom stereocenters. The number of para-hydroxylation sites is 1. The summed E-state index contributed by atoms with van der Waals surface area (Å²) in [6.45, 7) is 2.42. The average Bonchev–Trinajstić information content (AvgIpc) is 3.29. The second-order valence-corrected chi connectivity index (χ2v) is 8.13. The average molecular weight is 458 g/mol. The van der Waals surface area contributed by atoms with Crippen molar-refractivity contribution in [1.29, 1.82) is 0 Å². The Hall–Kier alpha value is -4.13. The number of hydrogen-bond donors (Lipinski definition) is 2. The molecule has 0 aromatic heterocycles. The van der Waals surface area contributed by atoms with Gasteiger partial charge in [0.1, 0.15) is 5.75 Å². The van der Waals surface area contributed by atoms with Gasteiger partial charge in [0.05, 0.1) is 17.3 Å². The summed E-state index contributed by atoms with van der Waals surface area (Å²) in [7, 11) is 0. The molecule has 3 aromatic rings. The second-order valence-electron chi connectivity index (χ2n) is 8.13. The molecule has 7 nitrogen and oxygen atoms in total. The zero-order valence-electron chi connectivity index (χ0n) is 19.0. The quantitative estimate of drug-likeness (QED) is 0.527. The molecular weight excluding hydrogens is 430 g/mol. The highest BCUT2D eigenvalue weighted by atomic mass is 16.5. The summed E-state index contributed by atoms with van der Waals surface area (Å²) in [5.74, 6) is -0.0162. The number of amides is 3. The number of hydrogen-bond acceptors (Lipinski definition) is 4. The van der Waals surface area contributed by atoms with Crippen LogP contribution in [0.2, 0.25) is 0 Å². The second kappa shape index (κ2) is 10.7. The fraction of sp³-hybridized carbons (Fsp3) is 0.222. The van der Waals surface area contributed by atoms with E-state index in [9.17, 15) is 14.4 Å². The van der Waals surface area contributed by atoms with E-state index in [2.05, 4.69) is 10.6 Å². The highest BCUT2D eigenvalue weighted by Gasteiger charge is 2.21. The lowest BCUT2D eigenvalue weighted by atomic mass is 10.1. The number of nitrogens with one attached hydrogen (secondary N) is 2. The van der Waals surface area contributed by atoms with Crippen LogP contribution in [-0.2, 0) is 9.59 Å². The van der Waals surface area contributed by atoms with Crippen molar-refractivity contribution in [2.45, 2.75) is 25.8 Å². The molecule has 1 unspecified atom stereocenters. The summed E-state index contributed by atoms with van der Waals surface area (Å²) in [6.07, 6.45) is 1.44. The number of benzene rings is 3. The fourth-order valence-electron chi connectivity index (χ4n) is 3.87. The van der Waals surface area contributed by atoms with Crippen LogP contribution in [0.15, 0.2) is 78.9 Å². The van der Waals surface area contributed by atoms with E-state index in [1.165, 1.54) is 0 Å². The Labute approximate surface area is 198 Å². The van der Waals surface area contributed by atoms with E-state index in [0.29, 0.717) is 23.4 Å². The molecule has 4 rings (SSSR count).